The van der Waals surface area contributed by atoms with Crippen LogP contribution in [0.4, 0.5) is 0 Å². The standard InChI is InChI=1S/C15H28N2O2/c1-11-8-9-17(14(11)10-18)15(19)7-4-12-2-5-13(16)6-3-12/h11-14,18H,2-10,16H2,1H3. The molecule has 2 unspecified atom stereocenters. The summed E-state index contributed by atoms with van der Waals surface area (Å²) in [5.41, 5.74) is 5.90. The summed E-state index contributed by atoms with van der Waals surface area (Å²) in [7, 11) is 0. The van der Waals surface area contributed by atoms with Crippen molar-refractivity contribution >= 4 is 5.91 Å². The Balaban J connectivity index is 1.75. The fraction of sp³-hybridized carbons (Fsp3) is 0.933. The number of aliphatic hydroxyl groups excluding tert-OH is 1. The normalized spacial score (nSPS) is 35.6. The predicted octanol–water partition coefficient (Wildman–Crippen LogP) is 1.51. The van der Waals surface area contributed by atoms with Crippen LogP contribution < -0.4 is 5.73 Å². The molecule has 4 nitrogen and oxygen atoms in total. The third-order valence-electron chi connectivity index (χ3n) is 5.05. The highest BCUT2D eigenvalue weighted by molar-refractivity contribution is 5.76. The Morgan fingerprint density at radius 2 is 1.95 bits per heavy atom. The van der Waals surface area contributed by atoms with Crippen molar-refractivity contribution in [1.82, 2.24) is 4.90 Å². The average molecular weight is 268 g/mol. The lowest BCUT2D eigenvalue weighted by Crippen LogP contribution is -2.40. The van der Waals surface area contributed by atoms with Crippen molar-refractivity contribution in [2.75, 3.05) is 13.2 Å². The molecule has 0 aromatic carbocycles. The van der Waals surface area contributed by atoms with Crippen molar-refractivity contribution in [2.45, 2.75) is 64.0 Å². The number of hydrogen-bond donors (Lipinski definition) is 2. The Bertz CT molecular complexity index is 301. The summed E-state index contributed by atoms with van der Waals surface area (Å²) in [5, 5.41) is 9.39. The molecule has 3 N–H and O–H groups in total. The minimum atomic E-state index is 0.0484. The number of amides is 1. The van der Waals surface area contributed by atoms with Gasteiger partial charge in [-0.3, -0.25) is 4.79 Å². The van der Waals surface area contributed by atoms with E-state index in [2.05, 4.69) is 6.92 Å². The van der Waals surface area contributed by atoms with Crippen molar-refractivity contribution in [1.29, 1.82) is 0 Å². The van der Waals surface area contributed by atoms with E-state index >= 15 is 0 Å². The van der Waals surface area contributed by atoms with Crippen molar-refractivity contribution in [3.63, 3.8) is 0 Å². The fourth-order valence-electron chi connectivity index (χ4n) is 3.54. The zero-order valence-corrected chi connectivity index (χ0v) is 12.1. The van der Waals surface area contributed by atoms with E-state index < -0.39 is 0 Å². The van der Waals surface area contributed by atoms with Crippen LogP contribution in [0.25, 0.3) is 0 Å². The highest BCUT2D eigenvalue weighted by atomic mass is 16.3. The van der Waals surface area contributed by atoms with Crippen LogP contribution >= 0.6 is 0 Å². The molecule has 2 atom stereocenters. The Hall–Kier alpha value is -0.610. The summed E-state index contributed by atoms with van der Waals surface area (Å²) < 4.78 is 0. The molecule has 1 heterocycles. The number of rotatable bonds is 4. The summed E-state index contributed by atoms with van der Waals surface area (Å²) >= 11 is 0. The van der Waals surface area contributed by atoms with E-state index in [0.717, 1.165) is 32.2 Å². The lowest BCUT2D eigenvalue weighted by atomic mass is 9.83. The van der Waals surface area contributed by atoms with Gasteiger partial charge < -0.3 is 15.7 Å². The molecule has 0 spiro atoms. The van der Waals surface area contributed by atoms with Crippen molar-refractivity contribution in [3.8, 4) is 0 Å². The number of hydrogen-bond acceptors (Lipinski definition) is 3. The molecule has 2 aliphatic rings. The van der Waals surface area contributed by atoms with E-state index in [1.807, 2.05) is 4.90 Å². The van der Waals surface area contributed by atoms with Gasteiger partial charge in [0.1, 0.15) is 0 Å². The third kappa shape index (κ3) is 3.69. The SMILES string of the molecule is CC1CCN(C(=O)CCC2CCC(N)CC2)C1CO. The van der Waals surface area contributed by atoms with Gasteiger partial charge in [-0.15, -0.1) is 0 Å². The van der Waals surface area contributed by atoms with E-state index in [-0.39, 0.29) is 18.6 Å². The van der Waals surface area contributed by atoms with Crippen LogP contribution in [0.15, 0.2) is 0 Å². The molecule has 19 heavy (non-hydrogen) atoms. The van der Waals surface area contributed by atoms with Gasteiger partial charge in [0.05, 0.1) is 12.6 Å². The minimum Gasteiger partial charge on any atom is -0.394 e. The summed E-state index contributed by atoms with van der Waals surface area (Å²) in [5.74, 6) is 1.34. The number of carbonyl (C=O) groups is 1. The number of likely N-dealkylation sites (tertiary alicyclic amines) is 1. The molecule has 2 rings (SSSR count). The highest BCUT2D eigenvalue weighted by Crippen LogP contribution is 2.29. The van der Waals surface area contributed by atoms with Gasteiger partial charge in [0.25, 0.3) is 0 Å². The Labute approximate surface area is 116 Å². The number of carbonyl (C=O) groups excluding carboxylic acids is 1. The summed E-state index contributed by atoms with van der Waals surface area (Å²) in [6.45, 7) is 3.04. The minimum absolute atomic E-state index is 0.0484. The second-order valence-corrected chi connectivity index (χ2v) is 6.42. The third-order valence-corrected chi connectivity index (χ3v) is 5.05. The van der Waals surface area contributed by atoms with Crippen LogP contribution in [0.5, 0.6) is 0 Å². The molecule has 1 saturated heterocycles. The van der Waals surface area contributed by atoms with Crippen LogP contribution in [0.1, 0.15) is 51.9 Å². The van der Waals surface area contributed by atoms with Crippen LogP contribution in [0, 0.1) is 11.8 Å². The molecule has 0 radical (unpaired) electrons. The molecular weight excluding hydrogens is 240 g/mol. The van der Waals surface area contributed by atoms with Gasteiger partial charge in [0.15, 0.2) is 0 Å². The molecule has 4 heteroatoms. The smallest absolute Gasteiger partial charge is 0.222 e. The Morgan fingerprint density at radius 3 is 2.58 bits per heavy atom. The number of nitrogens with two attached hydrogens (primary N) is 1. The molecule has 1 aliphatic carbocycles. The first-order chi connectivity index (χ1) is 9.11. The molecule has 0 aromatic heterocycles. The van der Waals surface area contributed by atoms with Gasteiger partial charge in [-0.05, 0) is 50.4 Å². The van der Waals surface area contributed by atoms with E-state index in [1.54, 1.807) is 0 Å². The van der Waals surface area contributed by atoms with Crippen molar-refractivity contribution in [3.05, 3.63) is 0 Å². The van der Waals surface area contributed by atoms with E-state index in [0.29, 0.717) is 24.3 Å². The second-order valence-electron chi connectivity index (χ2n) is 6.42. The largest absolute Gasteiger partial charge is 0.394 e. The fourth-order valence-corrected chi connectivity index (χ4v) is 3.54. The van der Waals surface area contributed by atoms with Gasteiger partial charge >= 0.3 is 0 Å². The molecule has 1 saturated carbocycles. The van der Waals surface area contributed by atoms with Gasteiger partial charge in [-0.25, -0.2) is 0 Å². The lowest BCUT2D eigenvalue weighted by Gasteiger charge is -2.28. The molecular formula is C15H28N2O2. The van der Waals surface area contributed by atoms with E-state index in [1.165, 1.54) is 12.8 Å². The van der Waals surface area contributed by atoms with Crippen LogP contribution in [-0.4, -0.2) is 41.1 Å². The highest BCUT2D eigenvalue weighted by Gasteiger charge is 2.33. The van der Waals surface area contributed by atoms with Crippen molar-refractivity contribution in [2.24, 2.45) is 17.6 Å². The first kappa shape index (κ1) is 14.8. The monoisotopic (exact) mass is 268 g/mol. The maximum absolute atomic E-state index is 12.3. The molecule has 110 valence electrons. The number of nitrogens with zero attached hydrogens (tertiary/aromatic N) is 1. The first-order valence-corrected chi connectivity index (χ1v) is 7.77. The first-order valence-electron chi connectivity index (χ1n) is 7.77. The van der Waals surface area contributed by atoms with Gasteiger partial charge in [0.2, 0.25) is 5.91 Å². The summed E-state index contributed by atoms with van der Waals surface area (Å²) in [4.78, 5) is 14.2. The van der Waals surface area contributed by atoms with E-state index in [4.69, 9.17) is 5.73 Å². The topological polar surface area (TPSA) is 66.6 Å². The van der Waals surface area contributed by atoms with Crippen LogP contribution in [0.3, 0.4) is 0 Å². The van der Waals surface area contributed by atoms with Crippen LogP contribution in [0.2, 0.25) is 0 Å². The zero-order valence-electron chi connectivity index (χ0n) is 12.1. The zero-order chi connectivity index (χ0) is 13.8. The Kier molecular flexibility index (Phi) is 5.22. The second kappa shape index (κ2) is 6.71. The van der Waals surface area contributed by atoms with Gasteiger partial charge in [-0.2, -0.15) is 0 Å². The van der Waals surface area contributed by atoms with Crippen molar-refractivity contribution < 1.29 is 9.90 Å². The average Bonchev–Trinajstić information content (AvgIpc) is 2.79. The molecule has 1 aliphatic heterocycles. The molecule has 1 amide bonds. The maximum Gasteiger partial charge on any atom is 0.222 e. The van der Waals surface area contributed by atoms with Gasteiger partial charge in [0, 0.05) is 19.0 Å². The molecule has 0 aromatic rings. The molecule has 2 fully saturated rings. The van der Waals surface area contributed by atoms with E-state index in [9.17, 15) is 9.90 Å². The summed E-state index contributed by atoms with van der Waals surface area (Å²) in [6, 6.07) is 0.428. The molecule has 0 bridgehead atoms. The maximum atomic E-state index is 12.3. The Morgan fingerprint density at radius 1 is 1.26 bits per heavy atom. The lowest BCUT2D eigenvalue weighted by molar-refractivity contribution is -0.133. The quantitative estimate of drug-likeness (QED) is 0.812. The predicted molar refractivity (Wildman–Crippen MR) is 75.5 cm³/mol. The summed E-state index contributed by atoms with van der Waals surface area (Å²) in [6.07, 6.45) is 7.23. The number of aliphatic hydroxyl groups is 1. The van der Waals surface area contributed by atoms with Crippen LogP contribution in [-0.2, 0) is 4.79 Å². The van der Waals surface area contributed by atoms with Gasteiger partial charge in [-0.1, -0.05) is 6.92 Å².